The summed E-state index contributed by atoms with van der Waals surface area (Å²) in [5.74, 6) is -34.3. The zero-order valence-electron chi connectivity index (χ0n) is 14.2. The minimum Gasteiger partial charge on any atom is -0.460 e. The predicted octanol–water partition coefficient (Wildman–Crippen LogP) is 4.84. The molecule has 0 saturated carbocycles. The molecule has 0 fully saturated rings. The molecular weight excluding hydrogens is 489 g/mol. The van der Waals surface area contributed by atoms with Crippen LogP contribution in [0, 0.1) is 0 Å². The number of halogens is 15. The maximum Gasteiger partial charge on any atom is 0.460 e. The van der Waals surface area contributed by atoms with E-state index in [1.807, 2.05) is 0 Å². The summed E-state index contributed by atoms with van der Waals surface area (Å²) in [6, 6.07) is 0. The highest BCUT2D eigenvalue weighted by Gasteiger charge is 2.92. The molecule has 18 heteroatoms. The van der Waals surface area contributed by atoms with E-state index in [1.54, 1.807) is 0 Å². The Balaban J connectivity index is 6.47. The standard InChI is InChI=1S/C13H9F15O3/c1-2-6(30)31-4-5(29)3-7(14,12(23,24)25)8(15,16)9(17,18)10(19,20)11(21,22)13(26,27)28/h2,5,29H,1,3-4H2. The third-order valence-electron chi connectivity index (χ3n) is 3.59. The van der Waals surface area contributed by atoms with E-state index in [0.717, 1.165) is 0 Å². The number of hydrogen-bond acceptors (Lipinski definition) is 3. The maximum absolute atomic E-state index is 14.1. The van der Waals surface area contributed by atoms with Crippen LogP contribution in [-0.4, -0.2) is 65.5 Å². The maximum atomic E-state index is 14.1. The third-order valence-corrected chi connectivity index (χ3v) is 3.59. The van der Waals surface area contributed by atoms with Crippen LogP contribution in [0.15, 0.2) is 12.7 Å². The quantitative estimate of drug-likeness (QED) is 0.281. The molecule has 0 spiro atoms. The number of esters is 1. The van der Waals surface area contributed by atoms with Gasteiger partial charge in [-0.25, -0.2) is 9.18 Å². The Kier molecular flexibility index (Phi) is 7.73. The molecule has 0 saturated heterocycles. The van der Waals surface area contributed by atoms with Gasteiger partial charge in [-0.05, 0) is 0 Å². The summed E-state index contributed by atoms with van der Waals surface area (Å²) in [6.45, 7) is 0.874. The van der Waals surface area contributed by atoms with Gasteiger partial charge in [0.2, 0.25) is 0 Å². The fourth-order valence-electron chi connectivity index (χ4n) is 1.86. The zero-order chi connectivity index (χ0) is 25.5. The molecule has 0 aliphatic carbocycles. The fourth-order valence-corrected chi connectivity index (χ4v) is 1.86. The van der Waals surface area contributed by atoms with Crippen molar-refractivity contribution in [1.82, 2.24) is 0 Å². The molecule has 0 radical (unpaired) electrons. The second-order valence-electron chi connectivity index (χ2n) is 5.79. The van der Waals surface area contributed by atoms with Crippen molar-refractivity contribution in [3.8, 4) is 0 Å². The smallest absolute Gasteiger partial charge is 0.460 e. The molecule has 1 N–H and O–H groups in total. The summed E-state index contributed by atoms with van der Waals surface area (Å²) in [5, 5.41) is 9.07. The van der Waals surface area contributed by atoms with Crippen LogP contribution in [0.5, 0.6) is 0 Å². The van der Waals surface area contributed by atoms with E-state index >= 15 is 0 Å². The first-order valence-corrected chi connectivity index (χ1v) is 7.16. The Morgan fingerprint density at radius 1 is 0.742 bits per heavy atom. The number of aliphatic hydroxyl groups excluding tert-OH is 1. The van der Waals surface area contributed by atoms with Gasteiger partial charge >= 0.3 is 42.0 Å². The number of aliphatic hydroxyl groups is 1. The lowest BCUT2D eigenvalue weighted by Gasteiger charge is -2.43. The summed E-state index contributed by atoms with van der Waals surface area (Å²) in [7, 11) is 0. The first-order chi connectivity index (χ1) is 13.3. The molecule has 0 aromatic rings. The van der Waals surface area contributed by atoms with Crippen molar-refractivity contribution in [2.45, 2.75) is 54.2 Å². The van der Waals surface area contributed by atoms with Gasteiger partial charge in [-0.1, -0.05) is 6.58 Å². The van der Waals surface area contributed by atoms with Gasteiger partial charge in [-0.2, -0.15) is 61.5 Å². The van der Waals surface area contributed by atoms with Gasteiger partial charge in [0.25, 0.3) is 5.67 Å². The van der Waals surface area contributed by atoms with E-state index in [1.165, 1.54) is 0 Å². The van der Waals surface area contributed by atoms with E-state index in [9.17, 15) is 70.7 Å². The molecule has 184 valence electrons. The molecule has 0 aliphatic rings. The van der Waals surface area contributed by atoms with Crippen molar-refractivity contribution in [1.29, 1.82) is 0 Å². The minimum atomic E-state index is -8.32. The lowest BCUT2D eigenvalue weighted by molar-refractivity contribution is -0.447. The summed E-state index contributed by atoms with van der Waals surface area (Å²) < 4.78 is 198. The number of rotatable bonds is 9. The van der Waals surface area contributed by atoms with Gasteiger partial charge in [-0.3, -0.25) is 0 Å². The van der Waals surface area contributed by atoms with Crippen LogP contribution in [0.3, 0.4) is 0 Å². The third kappa shape index (κ3) is 4.67. The fraction of sp³-hybridized carbons (Fsp3) is 0.769. The van der Waals surface area contributed by atoms with Gasteiger partial charge in [0.05, 0.1) is 6.10 Å². The Bertz CT molecular complexity index is 666. The first kappa shape index (κ1) is 29.1. The van der Waals surface area contributed by atoms with Crippen molar-refractivity contribution >= 4 is 5.97 Å². The van der Waals surface area contributed by atoms with E-state index < -0.39 is 66.8 Å². The molecule has 0 amide bonds. The number of carbonyl (C=O) groups excluding carboxylic acids is 1. The lowest BCUT2D eigenvalue weighted by atomic mass is 9.82. The van der Waals surface area contributed by atoms with Gasteiger partial charge < -0.3 is 9.84 Å². The first-order valence-electron chi connectivity index (χ1n) is 7.16. The second kappa shape index (κ2) is 8.23. The highest BCUT2D eigenvalue weighted by atomic mass is 19.4. The Morgan fingerprint density at radius 3 is 1.45 bits per heavy atom. The van der Waals surface area contributed by atoms with Crippen LogP contribution in [0.2, 0.25) is 0 Å². The van der Waals surface area contributed by atoms with E-state index in [-0.39, 0.29) is 6.08 Å². The summed E-state index contributed by atoms with van der Waals surface area (Å²) >= 11 is 0. The topological polar surface area (TPSA) is 46.5 Å². The highest BCUT2D eigenvalue weighted by Crippen LogP contribution is 2.63. The van der Waals surface area contributed by atoms with Crippen LogP contribution in [-0.2, 0) is 9.53 Å². The van der Waals surface area contributed by atoms with E-state index in [2.05, 4.69) is 11.3 Å². The molecule has 3 nitrogen and oxygen atoms in total. The molecular formula is C13H9F15O3. The van der Waals surface area contributed by atoms with Crippen LogP contribution in [0.1, 0.15) is 6.42 Å². The van der Waals surface area contributed by atoms with Crippen LogP contribution in [0.25, 0.3) is 0 Å². The highest BCUT2D eigenvalue weighted by molar-refractivity contribution is 5.81. The molecule has 2 unspecified atom stereocenters. The normalized spacial score (nSPS) is 17.7. The second-order valence-corrected chi connectivity index (χ2v) is 5.79. The van der Waals surface area contributed by atoms with Crippen LogP contribution in [0.4, 0.5) is 65.9 Å². The average Bonchev–Trinajstić information content (AvgIpc) is 2.56. The number of hydrogen-bond donors (Lipinski definition) is 1. The summed E-state index contributed by atoms with van der Waals surface area (Å²) in [6.07, 6.45) is -21.4. The van der Waals surface area contributed by atoms with Crippen molar-refractivity contribution in [2.24, 2.45) is 0 Å². The zero-order valence-corrected chi connectivity index (χ0v) is 14.2. The Labute approximate surface area is 161 Å². The van der Waals surface area contributed by atoms with Crippen LogP contribution < -0.4 is 0 Å². The number of alkyl halides is 15. The van der Waals surface area contributed by atoms with Gasteiger partial charge in [-0.15, -0.1) is 0 Å². The van der Waals surface area contributed by atoms with E-state index in [4.69, 9.17) is 5.11 Å². The van der Waals surface area contributed by atoms with Crippen LogP contribution >= 0.6 is 0 Å². The number of carbonyl (C=O) groups is 1. The van der Waals surface area contributed by atoms with Crippen molar-refractivity contribution in [2.75, 3.05) is 6.61 Å². The lowest BCUT2D eigenvalue weighted by Crippen LogP contribution is -2.73. The predicted molar refractivity (Wildman–Crippen MR) is 67.5 cm³/mol. The van der Waals surface area contributed by atoms with Crippen molar-refractivity contribution < 1.29 is 80.5 Å². The molecule has 0 aliphatic heterocycles. The molecule has 2 atom stereocenters. The average molecular weight is 498 g/mol. The molecule has 0 rings (SSSR count). The van der Waals surface area contributed by atoms with Gasteiger partial charge in [0.1, 0.15) is 6.61 Å². The van der Waals surface area contributed by atoms with Gasteiger partial charge in [0.15, 0.2) is 0 Å². The Morgan fingerprint density at radius 2 is 1.13 bits per heavy atom. The SMILES string of the molecule is C=CC(=O)OCC(O)CC(F)(C(F)(F)F)C(F)(F)C(F)(F)C(F)(F)C(F)(F)C(F)(F)F. The monoisotopic (exact) mass is 498 g/mol. The molecule has 0 bridgehead atoms. The summed E-state index contributed by atoms with van der Waals surface area (Å²) in [5.41, 5.74) is -7.01. The molecule has 0 heterocycles. The van der Waals surface area contributed by atoms with Crippen molar-refractivity contribution in [3.63, 3.8) is 0 Å². The minimum absolute atomic E-state index is 0.266. The molecule has 0 aromatic carbocycles. The van der Waals surface area contributed by atoms with Crippen molar-refractivity contribution in [3.05, 3.63) is 12.7 Å². The van der Waals surface area contributed by atoms with Gasteiger partial charge in [0, 0.05) is 12.5 Å². The number of ether oxygens (including phenoxy) is 1. The van der Waals surface area contributed by atoms with E-state index in [0.29, 0.717) is 0 Å². The Hall–Kier alpha value is -1.88. The molecule has 31 heavy (non-hydrogen) atoms. The molecule has 0 aromatic heterocycles. The largest absolute Gasteiger partial charge is 0.460 e. The summed E-state index contributed by atoms with van der Waals surface area (Å²) in [4.78, 5) is 10.6.